The van der Waals surface area contributed by atoms with E-state index in [1.165, 1.54) is 19.3 Å². The summed E-state index contributed by atoms with van der Waals surface area (Å²) >= 11 is 0. The van der Waals surface area contributed by atoms with Crippen LogP contribution in [-0.4, -0.2) is 41.7 Å². The van der Waals surface area contributed by atoms with E-state index in [4.69, 9.17) is 4.74 Å². The van der Waals surface area contributed by atoms with E-state index < -0.39 is 0 Å². The van der Waals surface area contributed by atoms with Gasteiger partial charge in [0, 0.05) is 30.8 Å². The molecule has 1 amide bonds. The number of fused-ring (bicyclic) bond motifs is 1. The number of nitrogens with one attached hydrogen (secondary N) is 1. The number of piperidine rings is 1. The largest absolute Gasteiger partial charge is 0.368 e. The van der Waals surface area contributed by atoms with Gasteiger partial charge in [0.1, 0.15) is 18.2 Å². The highest BCUT2D eigenvalue weighted by atomic mass is 16.5. The molecule has 6 heteroatoms. The first-order chi connectivity index (χ1) is 11.8. The molecule has 24 heavy (non-hydrogen) atoms. The van der Waals surface area contributed by atoms with Crippen molar-refractivity contribution in [2.75, 3.05) is 29.9 Å². The fourth-order valence-corrected chi connectivity index (χ4v) is 3.49. The molecule has 0 spiro atoms. The molecule has 2 aliphatic rings. The third-order valence-corrected chi connectivity index (χ3v) is 4.76. The first-order valence-electron chi connectivity index (χ1n) is 8.73. The quantitative estimate of drug-likeness (QED) is 0.939. The molecule has 2 aromatic rings. The predicted octanol–water partition coefficient (Wildman–Crippen LogP) is 2.74. The molecular weight excluding hydrogens is 304 g/mol. The maximum Gasteiger partial charge on any atom is 0.253 e. The summed E-state index contributed by atoms with van der Waals surface area (Å²) in [7, 11) is 0. The molecule has 0 aliphatic carbocycles. The monoisotopic (exact) mass is 326 g/mol. The molecule has 0 saturated carbocycles. The normalized spacial score (nSPS) is 21.2. The van der Waals surface area contributed by atoms with Crippen molar-refractivity contribution in [1.82, 2.24) is 9.97 Å². The molecule has 0 radical (unpaired) electrons. The highest BCUT2D eigenvalue weighted by molar-refractivity contribution is 5.98. The first kappa shape index (κ1) is 15.3. The van der Waals surface area contributed by atoms with Gasteiger partial charge in [-0.3, -0.25) is 4.79 Å². The lowest BCUT2D eigenvalue weighted by Crippen LogP contribution is -2.30. The number of ether oxygens (including phenoxy) is 1. The van der Waals surface area contributed by atoms with Crippen LogP contribution in [0.4, 0.5) is 11.5 Å². The third-order valence-electron chi connectivity index (χ3n) is 4.76. The molecule has 2 fully saturated rings. The van der Waals surface area contributed by atoms with Gasteiger partial charge >= 0.3 is 0 Å². The highest BCUT2D eigenvalue weighted by Gasteiger charge is 2.23. The Morgan fingerprint density at radius 3 is 2.83 bits per heavy atom. The predicted molar refractivity (Wildman–Crippen MR) is 93.2 cm³/mol. The Balaban J connectivity index is 1.58. The van der Waals surface area contributed by atoms with Gasteiger partial charge < -0.3 is 15.0 Å². The van der Waals surface area contributed by atoms with Crippen molar-refractivity contribution in [2.45, 2.75) is 38.2 Å². The van der Waals surface area contributed by atoms with Crippen molar-refractivity contribution in [1.29, 1.82) is 0 Å². The number of amides is 1. The first-order valence-corrected chi connectivity index (χ1v) is 8.73. The minimum Gasteiger partial charge on any atom is -0.368 e. The number of anilines is 2. The third kappa shape index (κ3) is 3.06. The van der Waals surface area contributed by atoms with Gasteiger partial charge in [-0.2, -0.15) is 0 Å². The van der Waals surface area contributed by atoms with Crippen molar-refractivity contribution < 1.29 is 9.53 Å². The van der Waals surface area contributed by atoms with Gasteiger partial charge in [-0.25, -0.2) is 9.97 Å². The zero-order valence-electron chi connectivity index (χ0n) is 13.7. The van der Waals surface area contributed by atoms with E-state index in [1.54, 1.807) is 6.33 Å². The van der Waals surface area contributed by atoms with E-state index in [2.05, 4.69) is 20.2 Å². The summed E-state index contributed by atoms with van der Waals surface area (Å²) in [6.45, 7) is 2.76. The molecular formula is C18H22N4O2. The van der Waals surface area contributed by atoms with E-state index in [0.717, 1.165) is 48.3 Å². The van der Waals surface area contributed by atoms with Crippen LogP contribution in [0.3, 0.4) is 0 Å². The van der Waals surface area contributed by atoms with E-state index >= 15 is 0 Å². The summed E-state index contributed by atoms with van der Waals surface area (Å²) in [5.41, 5.74) is 1.61. The van der Waals surface area contributed by atoms with Crippen molar-refractivity contribution in [3.8, 4) is 0 Å². The van der Waals surface area contributed by atoms with Gasteiger partial charge in [-0.05, 0) is 50.3 Å². The van der Waals surface area contributed by atoms with E-state index in [9.17, 15) is 4.79 Å². The summed E-state index contributed by atoms with van der Waals surface area (Å²) in [6.07, 6.45) is 6.73. The maximum atomic E-state index is 12.2. The van der Waals surface area contributed by atoms with Gasteiger partial charge in [-0.15, -0.1) is 0 Å². The van der Waals surface area contributed by atoms with Crippen LogP contribution in [0.2, 0.25) is 0 Å². The Morgan fingerprint density at radius 2 is 2.04 bits per heavy atom. The second-order valence-corrected chi connectivity index (χ2v) is 6.47. The average molecular weight is 326 g/mol. The summed E-state index contributed by atoms with van der Waals surface area (Å²) in [5.74, 6) is 0.925. The van der Waals surface area contributed by atoms with Crippen LogP contribution < -0.4 is 10.2 Å². The summed E-state index contributed by atoms with van der Waals surface area (Å²) in [5, 5.41) is 3.97. The molecule has 1 aromatic heterocycles. The van der Waals surface area contributed by atoms with Gasteiger partial charge in [0.05, 0.1) is 5.52 Å². The molecule has 2 saturated heterocycles. The van der Waals surface area contributed by atoms with E-state index in [-0.39, 0.29) is 12.0 Å². The van der Waals surface area contributed by atoms with Crippen LogP contribution in [0.15, 0.2) is 24.5 Å². The minimum absolute atomic E-state index is 0.0721. The van der Waals surface area contributed by atoms with Crippen LogP contribution in [0.5, 0.6) is 0 Å². The summed E-state index contributed by atoms with van der Waals surface area (Å²) in [6, 6.07) is 5.84. The standard InChI is InChI=1S/C18H22N4O2/c23-18(16-5-4-10-24-16)21-13-6-7-14-15(11-13)19-12-20-17(14)22-8-2-1-3-9-22/h6-7,11-12,16H,1-5,8-10H2,(H,21,23). The Labute approximate surface area is 141 Å². The molecule has 1 aromatic carbocycles. The molecule has 0 bridgehead atoms. The van der Waals surface area contributed by atoms with Crippen molar-refractivity contribution in [2.24, 2.45) is 0 Å². The zero-order chi connectivity index (χ0) is 16.4. The Hall–Kier alpha value is -2.21. The van der Waals surface area contributed by atoms with Crippen LogP contribution in [0.1, 0.15) is 32.1 Å². The number of rotatable bonds is 3. The molecule has 126 valence electrons. The van der Waals surface area contributed by atoms with Crippen molar-refractivity contribution in [3.63, 3.8) is 0 Å². The number of hydrogen-bond acceptors (Lipinski definition) is 5. The minimum atomic E-state index is -0.324. The second kappa shape index (κ2) is 6.73. The number of hydrogen-bond donors (Lipinski definition) is 1. The lowest BCUT2D eigenvalue weighted by Gasteiger charge is -2.28. The summed E-state index contributed by atoms with van der Waals surface area (Å²) < 4.78 is 5.43. The molecule has 1 N–H and O–H groups in total. The number of benzene rings is 1. The maximum absolute atomic E-state index is 12.2. The number of nitrogens with zero attached hydrogens (tertiary/aromatic N) is 3. The Bertz CT molecular complexity index is 737. The van der Waals surface area contributed by atoms with Gasteiger partial charge in [-0.1, -0.05) is 0 Å². The molecule has 6 nitrogen and oxygen atoms in total. The van der Waals surface area contributed by atoms with Gasteiger partial charge in [0.25, 0.3) is 5.91 Å². The van der Waals surface area contributed by atoms with Crippen LogP contribution in [0.25, 0.3) is 10.9 Å². The highest BCUT2D eigenvalue weighted by Crippen LogP contribution is 2.27. The SMILES string of the molecule is O=C(Nc1ccc2c(N3CCCCC3)ncnc2c1)C1CCCO1. The molecule has 1 unspecified atom stereocenters. The van der Waals surface area contributed by atoms with Crippen molar-refractivity contribution in [3.05, 3.63) is 24.5 Å². The van der Waals surface area contributed by atoms with Crippen molar-refractivity contribution >= 4 is 28.3 Å². The van der Waals surface area contributed by atoms with E-state index in [0.29, 0.717) is 6.61 Å². The number of carbonyl (C=O) groups is 1. The Morgan fingerprint density at radius 1 is 1.17 bits per heavy atom. The lowest BCUT2D eigenvalue weighted by atomic mass is 10.1. The van der Waals surface area contributed by atoms with Crippen LogP contribution in [0, 0.1) is 0 Å². The molecule has 3 heterocycles. The topological polar surface area (TPSA) is 67.4 Å². The molecule has 2 aliphatic heterocycles. The number of carbonyl (C=O) groups excluding carboxylic acids is 1. The fourth-order valence-electron chi connectivity index (χ4n) is 3.49. The van der Waals surface area contributed by atoms with Crippen LogP contribution >= 0.6 is 0 Å². The summed E-state index contributed by atoms with van der Waals surface area (Å²) in [4.78, 5) is 23.4. The van der Waals surface area contributed by atoms with Crippen LogP contribution in [-0.2, 0) is 9.53 Å². The fraction of sp³-hybridized carbons (Fsp3) is 0.500. The van der Waals surface area contributed by atoms with E-state index in [1.807, 2.05) is 18.2 Å². The van der Waals surface area contributed by atoms with Gasteiger partial charge in [0.15, 0.2) is 0 Å². The average Bonchev–Trinajstić information content (AvgIpc) is 3.16. The van der Waals surface area contributed by atoms with Gasteiger partial charge in [0.2, 0.25) is 0 Å². The number of aromatic nitrogens is 2. The molecule has 4 rings (SSSR count). The second-order valence-electron chi connectivity index (χ2n) is 6.47. The Kier molecular flexibility index (Phi) is 4.30. The smallest absolute Gasteiger partial charge is 0.253 e. The lowest BCUT2D eigenvalue weighted by molar-refractivity contribution is -0.124. The molecule has 1 atom stereocenters. The zero-order valence-corrected chi connectivity index (χ0v) is 13.7.